The van der Waals surface area contributed by atoms with Gasteiger partial charge in [0.05, 0.1) is 17.1 Å². The zero-order valence-corrected chi connectivity index (χ0v) is 23.7. The Labute approximate surface area is 229 Å². The summed E-state index contributed by atoms with van der Waals surface area (Å²) in [5.41, 5.74) is 1.97. The molecule has 3 heterocycles. The van der Waals surface area contributed by atoms with Crippen LogP contribution in [0.1, 0.15) is 83.7 Å². The molecule has 1 atom stereocenters. The first kappa shape index (κ1) is 28.9. The zero-order chi connectivity index (χ0) is 28.2. The highest BCUT2D eigenvalue weighted by Gasteiger charge is 2.31. The molecule has 39 heavy (non-hydrogen) atoms. The Balaban J connectivity index is 1.20. The number of para-hydroxylation sites is 1. The van der Waals surface area contributed by atoms with Crippen molar-refractivity contribution in [3.05, 3.63) is 34.2 Å². The van der Waals surface area contributed by atoms with Gasteiger partial charge in [0.1, 0.15) is 11.6 Å². The summed E-state index contributed by atoms with van der Waals surface area (Å²) in [4.78, 5) is 51.1. The Bertz CT molecular complexity index is 1250. The summed E-state index contributed by atoms with van der Waals surface area (Å²) in [7, 11) is 1.74. The van der Waals surface area contributed by atoms with Crippen LogP contribution in [0.5, 0.6) is 0 Å². The fraction of sp³-hybridized carbons (Fsp3) is 0.655. The van der Waals surface area contributed by atoms with Crippen LogP contribution in [0, 0.1) is 0 Å². The number of aromatic nitrogens is 2. The molecule has 0 radical (unpaired) electrons. The number of aryl methyl sites for hydroxylation is 2. The number of hydrogen-bond acceptors (Lipinski definition) is 6. The van der Waals surface area contributed by atoms with Crippen LogP contribution in [0.2, 0.25) is 0 Å². The van der Waals surface area contributed by atoms with Crippen molar-refractivity contribution in [1.82, 2.24) is 19.4 Å². The molecule has 2 aromatic rings. The van der Waals surface area contributed by atoms with Gasteiger partial charge in [0.15, 0.2) is 0 Å². The average molecular weight is 543 g/mol. The molecule has 2 aliphatic rings. The minimum atomic E-state index is -0.668. The number of fused-ring (bicyclic) bond motifs is 1. The van der Waals surface area contributed by atoms with Gasteiger partial charge in [0.25, 0.3) is 0 Å². The molecule has 2 fully saturated rings. The monoisotopic (exact) mass is 542 g/mol. The van der Waals surface area contributed by atoms with E-state index in [9.17, 15) is 19.2 Å². The number of imide groups is 1. The van der Waals surface area contributed by atoms with Gasteiger partial charge in [0, 0.05) is 33.2 Å². The molecule has 2 aliphatic heterocycles. The zero-order valence-electron chi connectivity index (χ0n) is 23.7. The van der Waals surface area contributed by atoms with Crippen LogP contribution < -0.4 is 11.0 Å². The maximum Gasteiger partial charge on any atom is 0.410 e. The van der Waals surface area contributed by atoms with E-state index in [-0.39, 0.29) is 30.2 Å². The highest BCUT2D eigenvalue weighted by atomic mass is 16.6. The third-order valence-corrected chi connectivity index (χ3v) is 7.50. The van der Waals surface area contributed by atoms with Gasteiger partial charge >= 0.3 is 11.8 Å². The number of rotatable bonds is 9. The van der Waals surface area contributed by atoms with Crippen LogP contribution in [-0.2, 0) is 32.5 Å². The van der Waals surface area contributed by atoms with Crippen molar-refractivity contribution >= 4 is 28.9 Å². The van der Waals surface area contributed by atoms with Crippen molar-refractivity contribution in [1.29, 1.82) is 0 Å². The number of piperidine rings is 2. The van der Waals surface area contributed by atoms with Crippen molar-refractivity contribution in [2.75, 3.05) is 19.7 Å². The van der Waals surface area contributed by atoms with Crippen molar-refractivity contribution in [3.63, 3.8) is 0 Å². The van der Waals surface area contributed by atoms with Crippen LogP contribution in [0.4, 0.5) is 4.79 Å². The Morgan fingerprint density at radius 1 is 1.03 bits per heavy atom. The summed E-state index contributed by atoms with van der Waals surface area (Å²) in [5, 5.41) is 2.36. The first-order valence-electron chi connectivity index (χ1n) is 14.2. The fourth-order valence-corrected chi connectivity index (χ4v) is 5.50. The van der Waals surface area contributed by atoms with Gasteiger partial charge in [-0.2, -0.15) is 0 Å². The minimum absolute atomic E-state index is 0.191. The molecular weight excluding hydrogens is 500 g/mol. The maximum atomic E-state index is 13.1. The Hall–Kier alpha value is -3.14. The summed E-state index contributed by atoms with van der Waals surface area (Å²) in [6, 6.07) is 5.18. The standard InChI is InChI=1S/C29H42N4O6/c1-29(2,3)39-28(37)32-17-15-21(16-18-32)38-19-8-6-5-7-10-20-11-9-12-22-25(20)31(4)27(36)33(22)23-13-14-24(34)30-26(23)35/h9,11-12,21,23H,5-8,10,13-19H2,1-4H3,(H,30,34,35). The van der Waals surface area contributed by atoms with Gasteiger partial charge in [-0.1, -0.05) is 25.0 Å². The molecule has 3 amide bonds. The molecule has 2 saturated heterocycles. The van der Waals surface area contributed by atoms with Crippen LogP contribution in [0.25, 0.3) is 11.0 Å². The van der Waals surface area contributed by atoms with E-state index in [0.29, 0.717) is 19.5 Å². The van der Waals surface area contributed by atoms with E-state index in [2.05, 4.69) is 5.32 Å². The lowest BCUT2D eigenvalue weighted by Crippen LogP contribution is -2.44. The third-order valence-electron chi connectivity index (χ3n) is 7.50. The molecule has 10 nitrogen and oxygen atoms in total. The van der Waals surface area contributed by atoms with Crippen LogP contribution in [-0.4, -0.2) is 63.3 Å². The Morgan fingerprint density at radius 2 is 1.74 bits per heavy atom. The normalized spacial score (nSPS) is 19.0. The molecule has 214 valence electrons. The van der Waals surface area contributed by atoms with Gasteiger partial charge in [-0.05, 0) is 70.9 Å². The van der Waals surface area contributed by atoms with Gasteiger partial charge < -0.3 is 14.4 Å². The highest BCUT2D eigenvalue weighted by Crippen LogP contribution is 2.26. The van der Waals surface area contributed by atoms with E-state index >= 15 is 0 Å². The second kappa shape index (κ2) is 12.4. The van der Waals surface area contributed by atoms with E-state index in [4.69, 9.17) is 9.47 Å². The number of imidazole rings is 1. The molecule has 1 aromatic carbocycles. The summed E-state index contributed by atoms with van der Waals surface area (Å²) >= 11 is 0. The van der Waals surface area contributed by atoms with E-state index in [1.807, 2.05) is 39.0 Å². The topological polar surface area (TPSA) is 112 Å². The van der Waals surface area contributed by atoms with E-state index in [0.717, 1.165) is 68.1 Å². The van der Waals surface area contributed by atoms with Gasteiger partial charge in [-0.15, -0.1) is 0 Å². The highest BCUT2D eigenvalue weighted by molar-refractivity contribution is 6.00. The number of benzene rings is 1. The smallest absolute Gasteiger partial charge is 0.410 e. The quantitative estimate of drug-likeness (QED) is 0.381. The van der Waals surface area contributed by atoms with Crippen molar-refractivity contribution in [2.45, 2.75) is 96.3 Å². The Kier molecular flexibility index (Phi) is 9.15. The second-order valence-electron chi connectivity index (χ2n) is 11.7. The Morgan fingerprint density at radius 3 is 2.44 bits per heavy atom. The first-order chi connectivity index (χ1) is 18.5. The summed E-state index contributed by atoms with van der Waals surface area (Å²) < 4.78 is 14.7. The molecule has 1 N–H and O–H groups in total. The van der Waals surface area contributed by atoms with E-state index in [1.165, 1.54) is 4.57 Å². The predicted molar refractivity (Wildman–Crippen MR) is 148 cm³/mol. The average Bonchev–Trinajstić information content (AvgIpc) is 3.13. The van der Waals surface area contributed by atoms with Gasteiger partial charge in [0.2, 0.25) is 11.8 Å². The van der Waals surface area contributed by atoms with Crippen LogP contribution in [0.3, 0.4) is 0 Å². The van der Waals surface area contributed by atoms with Gasteiger partial charge in [-0.25, -0.2) is 9.59 Å². The van der Waals surface area contributed by atoms with Crippen molar-refractivity contribution in [3.8, 4) is 0 Å². The number of nitrogens with one attached hydrogen (secondary N) is 1. The summed E-state index contributed by atoms with van der Waals surface area (Å²) in [6.07, 6.45) is 7.11. The summed E-state index contributed by atoms with van der Waals surface area (Å²) in [5.74, 6) is -0.707. The molecule has 0 bridgehead atoms. The SMILES string of the molecule is Cn1c(=O)n(C2CCC(=O)NC2=O)c2cccc(CCCCCCOC3CCN(C(=O)OC(C)(C)C)CC3)c21. The lowest BCUT2D eigenvalue weighted by molar-refractivity contribution is -0.135. The number of ether oxygens (including phenoxy) is 2. The van der Waals surface area contributed by atoms with E-state index in [1.54, 1.807) is 16.5 Å². The third kappa shape index (κ3) is 7.09. The molecule has 1 aromatic heterocycles. The summed E-state index contributed by atoms with van der Waals surface area (Å²) in [6.45, 7) is 7.69. The number of carbonyl (C=O) groups is 3. The molecule has 1 unspecified atom stereocenters. The van der Waals surface area contributed by atoms with E-state index < -0.39 is 17.6 Å². The second-order valence-corrected chi connectivity index (χ2v) is 11.7. The molecule has 0 saturated carbocycles. The lowest BCUT2D eigenvalue weighted by atomic mass is 10.0. The number of amides is 3. The maximum absolute atomic E-state index is 13.1. The first-order valence-corrected chi connectivity index (χ1v) is 14.2. The van der Waals surface area contributed by atoms with Crippen LogP contribution >= 0.6 is 0 Å². The molecule has 4 rings (SSSR count). The van der Waals surface area contributed by atoms with Crippen LogP contribution in [0.15, 0.2) is 23.0 Å². The van der Waals surface area contributed by atoms with Crippen molar-refractivity contribution in [2.24, 2.45) is 7.05 Å². The number of hydrogen-bond donors (Lipinski definition) is 1. The predicted octanol–water partition coefficient (Wildman–Crippen LogP) is 3.84. The fourth-order valence-electron chi connectivity index (χ4n) is 5.50. The minimum Gasteiger partial charge on any atom is -0.444 e. The van der Waals surface area contributed by atoms with Crippen molar-refractivity contribution < 1.29 is 23.9 Å². The number of likely N-dealkylation sites (tertiary alicyclic amines) is 1. The number of carbonyl (C=O) groups excluding carboxylic acids is 3. The molecule has 0 spiro atoms. The lowest BCUT2D eigenvalue weighted by Gasteiger charge is -2.33. The largest absolute Gasteiger partial charge is 0.444 e. The molecule has 0 aliphatic carbocycles. The number of nitrogens with zero attached hydrogens (tertiary/aromatic N) is 3. The molecular formula is C29H42N4O6. The number of unbranched alkanes of at least 4 members (excludes halogenated alkanes) is 3. The molecule has 10 heteroatoms. The van der Waals surface area contributed by atoms with Gasteiger partial charge in [-0.3, -0.25) is 24.0 Å².